The van der Waals surface area contributed by atoms with Gasteiger partial charge in [0.05, 0.1) is 6.42 Å². The predicted molar refractivity (Wildman–Crippen MR) is 48.5 cm³/mol. The van der Waals surface area contributed by atoms with E-state index in [1.807, 2.05) is 26.0 Å². The van der Waals surface area contributed by atoms with Crippen LogP contribution in [0.1, 0.15) is 24.3 Å². The Balaban J connectivity index is 3.01. The highest BCUT2D eigenvalue weighted by Gasteiger charge is 2.05. The smallest absolute Gasteiger partial charge is 0.191 e. The molecule has 1 aromatic heterocycles. The second-order valence-electron chi connectivity index (χ2n) is 2.42. The van der Waals surface area contributed by atoms with Gasteiger partial charge in [-0.05, 0) is 13.0 Å². The summed E-state index contributed by atoms with van der Waals surface area (Å²) in [6.45, 7) is 3.75. The van der Waals surface area contributed by atoms with Gasteiger partial charge in [0, 0.05) is 6.92 Å². The largest absolute Gasteiger partial charge is 0.444 e. The minimum Gasteiger partial charge on any atom is -0.444 e. The number of aromatic nitrogens is 1. The molecule has 2 heteroatoms. The maximum Gasteiger partial charge on any atom is 0.191 e. The first-order valence-corrected chi connectivity index (χ1v) is 3.80. The van der Waals surface area contributed by atoms with Crippen LogP contribution in [0.3, 0.4) is 0 Å². The molecule has 1 heterocycles. The van der Waals surface area contributed by atoms with Crippen LogP contribution >= 0.6 is 0 Å². The normalized spacial score (nSPS) is 10.4. The zero-order valence-corrected chi connectivity index (χ0v) is 7.29. The van der Waals surface area contributed by atoms with E-state index in [2.05, 4.69) is 10.9 Å². The molecule has 0 bridgehead atoms. The van der Waals surface area contributed by atoms with Crippen molar-refractivity contribution in [2.24, 2.45) is 0 Å². The van der Waals surface area contributed by atoms with E-state index in [0.717, 1.165) is 11.5 Å². The lowest BCUT2D eigenvalue weighted by molar-refractivity contribution is 0.486. The molecule has 0 spiro atoms. The molecule has 62 valence electrons. The number of hydrogen-bond acceptors (Lipinski definition) is 2. The maximum atomic E-state index is 5.30. The lowest BCUT2D eigenvalue weighted by atomic mass is 10.2. The summed E-state index contributed by atoms with van der Waals surface area (Å²) in [7, 11) is 0. The molecule has 0 aliphatic rings. The van der Waals surface area contributed by atoms with Gasteiger partial charge >= 0.3 is 0 Å². The monoisotopic (exact) mass is 161 g/mol. The molecule has 0 aliphatic carbocycles. The van der Waals surface area contributed by atoms with Crippen molar-refractivity contribution < 1.29 is 4.42 Å². The van der Waals surface area contributed by atoms with E-state index < -0.39 is 0 Å². The standard InChI is InChI=1S/C10H11NO/c1-4-6-9-10(7-5-2)12-8(3)11-9/h2,4,6H,7H2,1,3H3/b6-4-. The Morgan fingerprint density at radius 3 is 3.00 bits per heavy atom. The first-order chi connectivity index (χ1) is 5.77. The Morgan fingerprint density at radius 2 is 2.42 bits per heavy atom. The van der Waals surface area contributed by atoms with Crippen LogP contribution < -0.4 is 0 Å². The molecule has 0 N–H and O–H groups in total. The quantitative estimate of drug-likeness (QED) is 0.621. The van der Waals surface area contributed by atoms with Gasteiger partial charge in [-0.3, -0.25) is 0 Å². The highest BCUT2D eigenvalue weighted by Crippen LogP contribution is 2.12. The van der Waals surface area contributed by atoms with Gasteiger partial charge < -0.3 is 4.42 Å². The first kappa shape index (κ1) is 8.61. The van der Waals surface area contributed by atoms with Gasteiger partial charge in [-0.25, -0.2) is 4.98 Å². The Bertz CT molecular complexity index is 328. The summed E-state index contributed by atoms with van der Waals surface area (Å²) in [4.78, 5) is 4.17. The summed E-state index contributed by atoms with van der Waals surface area (Å²) < 4.78 is 5.30. The van der Waals surface area contributed by atoms with Gasteiger partial charge in [-0.2, -0.15) is 0 Å². The van der Waals surface area contributed by atoms with Crippen LogP contribution in [0.5, 0.6) is 0 Å². The van der Waals surface area contributed by atoms with E-state index in [4.69, 9.17) is 10.8 Å². The van der Waals surface area contributed by atoms with Gasteiger partial charge in [0.15, 0.2) is 5.89 Å². The molecule has 1 aromatic rings. The van der Waals surface area contributed by atoms with Crippen LogP contribution in [-0.2, 0) is 6.42 Å². The number of rotatable bonds is 2. The summed E-state index contributed by atoms with van der Waals surface area (Å²) in [5, 5.41) is 0. The van der Waals surface area contributed by atoms with Crippen molar-refractivity contribution in [2.75, 3.05) is 0 Å². The third kappa shape index (κ3) is 1.76. The number of hydrogen-bond donors (Lipinski definition) is 0. The van der Waals surface area contributed by atoms with Gasteiger partial charge in [-0.1, -0.05) is 12.0 Å². The van der Waals surface area contributed by atoms with Crippen molar-refractivity contribution in [2.45, 2.75) is 20.3 Å². The lowest BCUT2D eigenvalue weighted by Crippen LogP contribution is -1.81. The fraction of sp³-hybridized carbons (Fsp3) is 0.300. The van der Waals surface area contributed by atoms with Gasteiger partial charge in [-0.15, -0.1) is 6.42 Å². The molecule has 2 nitrogen and oxygen atoms in total. The van der Waals surface area contributed by atoms with E-state index >= 15 is 0 Å². The minimum absolute atomic E-state index is 0.501. The minimum atomic E-state index is 0.501. The van der Waals surface area contributed by atoms with Crippen LogP contribution in [0, 0.1) is 19.3 Å². The van der Waals surface area contributed by atoms with E-state index in [1.165, 1.54) is 0 Å². The van der Waals surface area contributed by atoms with Crippen molar-refractivity contribution in [3.05, 3.63) is 23.4 Å². The number of aryl methyl sites for hydroxylation is 1. The van der Waals surface area contributed by atoms with Crippen molar-refractivity contribution in [1.29, 1.82) is 0 Å². The third-order valence-corrected chi connectivity index (χ3v) is 1.42. The Kier molecular flexibility index (Phi) is 2.71. The van der Waals surface area contributed by atoms with Crippen molar-refractivity contribution in [3.8, 4) is 12.3 Å². The number of oxazole rings is 1. The highest BCUT2D eigenvalue weighted by atomic mass is 16.4. The van der Waals surface area contributed by atoms with E-state index in [-0.39, 0.29) is 0 Å². The van der Waals surface area contributed by atoms with Crippen LogP contribution in [0.4, 0.5) is 0 Å². The molecule has 0 amide bonds. The second kappa shape index (κ2) is 3.77. The Hall–Kier alpha value is -1.49. The molecule has 0 aromatic carbocycles. The molecule has 12 heavy (non-hydrogen) atoms. The Morgan fingerprint density at radius 1 is 1.67 bits per heavy atom. The average Bonchev–Trinajstić information content (AvgIpc) is 2.33. The fourth-order valence-electron chi connectivity index (χ4n) is 0.993. The second-order valence-corrected chi connectivity index (χ2v) is 2.42. The molecule has 1 rings (SSSR count). The summed E-state index contributed by atoms with van der Waals surface area (Å²) in [5.74, 6) is 3.96. The number of nitrogens with zero attached hydrogens (tertiary/aromatic N) is 1. The van der Waals surface area contributed by atoms with E-state index in [9.17, 15) is 0 Å². The number of allylic oxidation sites excluding steroid dienone is 1. The highest BCUT2D eigenvalue weighted by molar-refractivity contribution is 5.46. The zero-order chi connectivity index (χ0) is 8.97. The molecule has 0 fully saturated rings. The SMILES string of the molecule is C#CCc1oc(C)nc1/C=C\C. The molecule has 0 radical (unpaired) electrons. The van der Waals surface area contributed by atoms with Crippen molar-refractivity contribution in [1.82, 2.24) is 4.98 Å². The van der Waals surface area contributed by atoms with Gasteiger partial charge in [0.25, 0.3) is 0 Å². The lowest BCUT2D eigenvalue weighted by Gasteiger charge is -1.87. The van der Waals surface area contributed by atoms with Crippen molar-refractivity contribution >= 4 is 6.08 Å². The maximum absolute atomic E-state index is 5.30. The fourth-order valence-corrected chi connectivity index (χ4v) is 0.993. The van der Waals surface area contributed by atoms with Gasteiger partial charge in [0.1, 0.15) is 11.5 Å². The van der Waals surface area contributed by atoms with E-state index in [1.54, 1.807) is 0 Å². The van der Waals surface area contributed by atoms with Gasteiger partial charge in [0.2, 0.25) is 0 Å². The third-order valence-electron chi connectivity index (χ3n) is 1.42. The van der Waals surface area contributed by atoms with Crippen LogP contribution in [0.15, 0.2) is 10.5 Å². The topological polar surface area (TPSA) is 26.0 Å². The summed E-state index contributed by atoms with van der Waals surface area (Å²) in [5.41, 5.74) is 0.841. The van der Waals surface area contributed by atoms with Crippen LogP contribution in [-0.4, -0.2) is 4.98 Å². The zero-order valence-electron chi connectivity index (χ0n) is 7.29. The molecular formula is C10H11NO. The summed E-state index contributed by atoms with van der Waals surface area (Å²) in [6, 6.07) is 0. The molecule has 0 aliphatic heterocycles. The van der Waals surface area contributed by atoms with Crippen LogP contribution in [0.25, 0.3) is 6.08 Å². The Labute approximate surface area is 72.3 Å². The molecule has 0 atom stereocenters. The van der Waals surface area contributed by atoms with Crippen LogP contribution in [0.2, 0.25) is 0 Å². The van der Waals surface area contributed by atoms with E-state index in [0.29, 0.717) is 12.3 Å². The molecule has 0 saturated heterocycles. The molecule has 0 unspecified atom stereocenters. The molecule has 0 saturated carbocycles. The number of terminal acetylenes is 1. The summed E-state index contributed by atoms with van der Waals surface area (Å²) in [6.07, 6.45) is 9.48. The van der Waals surface area contributed by atoms with Crippen molar-refractivity contribution in [3.63, 3.8) is 0 Å². The average molecular weight is 161 g/mol. The first-order valence-electron chi connectivity index (χ1n) is 3.80. The predicted octanol–water partition coefficient (Wildman–Crippen LogP) is 2.19. The molecular weight excluding hydrogens is 150 g/mol. The summed E-state index contributed by atoms with van der Waals surface area (Å²) >= 11 is 0.